The molecule has 4 nitrogen and oxygen atoms in total. The van der Waals surface area contributed by atoms with Crippen LogP contribution in [-0.4, -0.2) is 46.9 Å². The van der Waals surface area contributed by atoms with Gasteiger partial charge in [-0.25, -0.2) is 4.98 Å². The van der Waals surface area contributed by atoms with E-state index in [2.05, 4.69) is 34.1 Å². The molecular formula is C23H21ClFN3O. The highest BCUT2D eigenvalue weighted by Gasteiger charge is 2.28. The molecule has 1 amide bonds. The van der Waals surface area contributed by atoms with Gasteiger partial charge in [-0.1, -0.05) is 54.1 Å². The summed E-state index contributed by atoms with van der Waals surface area (Å²) in [6.07, 6.45) is 1.30. The number of halogens is 2. The number of aromatic nitrogens is 1. The highest BCUT2D eigenvalue weighted by Crippen LogP contribution is 2.30. The monoisotopic (exact) mass is 409 g/mol. The first kappa shape index (κ1) is 19.6. The van der Waals surface area contributed by atoms with Crippen molar-refractivity contribution in [1.82, 2.24) is 14.8 Å². The lowest BCUT2D eigenvalue weighted by atomic mass is 9.96. The number of carbonyl (C=O) groups is 1. The van der Waals surface area contributed by atoms with Gasteiger partial charge in [-0.2, -0.15) is 4.39 Å². The minimum Gasteiger partial charge on any atom is -0.336 e. The molecule has 2 aromatic carbocycles. The molecule has 1 unspecified atom stereocenters. The lowest BCUT2D eigenvalue weighted by molar-refractivity contribution is 0.0597. The molecule has 1 fully saturated rings. The van der Waals surface area contributed by atoms with Gasteiger partial charge in [0.15, 0.2) is 0 Å². The fourth-order valence-corrected chi connectivity index (χ4v) is 3.89. The van der Waals surface area contributed by atoms with Crippen molar-refractivity contribution in [3.05, 3.63) is 101 Å². The summed E-state index contributed by atoms with van der Waals surface area (Å²) < 4.78 is 13.0. The molecule has 148 valence electrons. The highest BCUT2D eigenvalue weighted by atomic mass is 35.5. The lowest BCUT2D eigenvalue weighted by Gasteiger charge is -2.39. The Morgan fingerprint density at radius 1 is 0.897 bits per heavy atom. The normalized spacial score (nSPS) is 15.9. The van der Waals surface area contributed by atoms with Gasteiger partial charge < -0.3 is 4.90 Å². The molecule has 1 aromatic heterocycles. The van der Waals surface area contributed by atoms with E-state index in [4.69, 9.17) is 11.6 Å². The van der Waals surface area contributed by atoms with E-state index in [-0.39, 0.29) is 11.9 Å². The van der Waals surface area contributed by atoms with Crippen LogP contribution in [-0.2, 0) is 0 Å². The molecule has 3 aromatic rings. The zero-order chi connectivity index (χ0) is 20.2. The Balaban J connectivity index is 1.51. The summed E-state index contributed by atoms with van der Waals surface area (Å²) >= 11 is 6.08. The average Bonchev–Trinajstić information content (AvgIpc) is 2.77. The molecule has 1 aliphatic rings. The fourth-order valence-electron chi connectivity index (χ4n) is 3.76. The van der Waals surface area contributed by atoms with Crippen LogP contribution in [0.15, 0.2) is 72.9 Å². The second-order valence-electron chi connectivity index (χ2n) is 7.06. The SMILES string of the molecule is O=C(c1ccc(F)nc1)N1CCN(C(c2ccccc2)c2ccc(Cl)cc2)CC1. The molecule has 0 bridgehead atoms. The van der Waals surface area contributed by atoms with E-state index in [0.29, 0.717) is 23.7 Å². The van der Waals surface area contributed by atoms with E-state index in [9.17, 15) is 9.18 Å². The molecule has 0 saturated carbocycles. The van der Waals surface area contributed by atoms with Gasteiger partial charge in [0.05, 0.1) is 11.6 Å². The summed E-state index contributed by atoms with van der Waals surface area (Å²) in [7, 11) is 0. The van der Waals surface area contributed by atoms with Gasteiger partial charge >= 0.3 is 0 Å². The van der Waals surface area contributed by atoms with Crippen LogP contribution in [0.4, 0.5) is 4.39 Å². The second-order valence-corrected chi connectivity index (χ2v) is 7.50. The Morgan fingerprint density at radius 3 is 2.17 bits per heavy atom. The quantitative estimate of drug-likeness (QED) is 0.598. The van der Waals surface area contributed by atoms with Gasteiger partial charge in [0.2, 0.25) is 5.95 Å². The van der Waals surface area contributed by atoms with Crippen molar-refractivity contribution < 1.29 is 9.18 Å². The summed E-state index contributed by atoms with van der Waals surface area (Å²) in [5.41, 5.74) is 2.79. The van der Waals surface area contributed by atoms with Gasteiger partial charge in [0.25, 0.3) is 5.91 Å². The third-order valence-corrected chi connectivity index (χ3v) is 5.49. The van der Waals surface area contributed by atoms with Gasteiger partial charge in [0.1, 0.15) is 0 Å². The van der Waals surface area contributed by atoms with Gasteiger partial charge in [-0.3, -0.25) is 9.69 Å². The lowest BCUT2D eigenvalue weighted by Crippen LogP contribution is -2.49. The number of amides is 1. The molecule has 1 saturated heterocycles. The Hall–Kier alpha value is -2.76. The summed E-state index contributed by atoms with van der Waals surface area (Å²) in [5.74, 6) is -0.694. The first-order valence-corrected chi connectivity index (χ1v) is 9.95. The average molecular weight is 410 g/mol. The Bertz CT molecular complexity index is 956. The van der Waals surface area contributed by atoms with Gasteiger partial charge in [-0.15, -0.1) is 0 Å². The third kappa shape index (κ3) is 4.47. The zero-order valence-corrected chi connectivity index (χ0v) is 16.6. The van der Waals surface area contributed by atoms with Crippen LogP contribution < -0.4 is 0 Å². The smallest absolute Gasteiger partial charge is 0.255 e. The van der Waals surface area contributed by atoms with Crippen molar-refractivity contribution in [2.24, 2.45) is 0 Å². The summed E-state index contributed by atoms with van der Waals surface area (Å²) in [6.45, 7) is 2.69. The van der Waals surface area contributed by atoms with E-state index < -0.39 is 5.95 Å². The van der Waals surface area contributed by atoms with Crippen LogP contribution in [0.2, 0.25) is 5.02 Å². The van der Waals surface area contributed by atoms with Crippen molar-refractivity contribution in [2.45, 2.75) is 6.04 Å². The summed E-state index contributed by atoms with van der Waals surface area (Å²) in [4.78, 5) is 20.5. The second kappa shape index (κ2) is 8.72. The van der Waals surface area contributed by atoms with Crippen molar-refractivity contribution in [3.63, 3.8) is 0 Å². The molecule has 4 rings (SSSR count). The molecule has 29 heavy (non-hydrogen) atoms. The maximum atomic E-state index is 13.0. The van der Waals surface area contributed by atoms with Crippen LogP contribution in [0.25, 0.3) is 0 Å². The number of benzene rings is 2. The summed E-state index contributed by atoms with van der Waals surface area (Å²) in [6, 6.07) is 21.1. The van der Waals surface area contributed by atoms with E-state index in [1.54, 1.807) is 4.90 Å². The van der Waals surface area contributed by atoms with Crippen LogP contribution in [0.3, 0.4) is 0 Å². The number of rotatable bonds is 4. The molecule has 1 atom stereocenters. The van der Waals surface area contributed by atoms with Crippen molar-refractivity contribution >= 4 is 17.5 Å². The van der Waals surface area contributed by atoms with E-state index in [1.807, 2.05) is 30.3 Å². The largest absolute Gasteiger partial charge is 0.336 e. The maximum Gasteiger partial charge on any atom is 0.255 e. The van der Waals surface area contributed by atoms with Crippen LogP contribution in [0.5, 0.6) is 0 Å². The molecule has 0 N–H and O–H groups in total. The number of hydrogen-bond acceptors (Lipinski definition) is 3. The number of hydrogen-bond donors (Lipinski definition) is 0. The van der Waals surface area contributed by atoms with Crippen molar-refractivity contribution in [2.75, 3.05) is 26.2 Å². The number of piperazine rings is 1. The van der Waals surface area contributed by atoms with E-state index in [0.717, 1.165) is 13.1 Å². The topological polar surface area (TPSA) is 36.4 Å². The zero-order valence-electron chi connectivity index (χ0n) is 15.8. The van der Waals surface area contributed by atoms with Crippen LogP contribution >= 0.6 is 11.6 Å². The molecule has 0 spiro atoms. The van der Waals surface area contributed by atoms with Gasteiger partial charge in [0, 0.05) is 37.4 Å². The van der Waals surface area contributed by atoms with Crippen molar-refractivity contribution in [3.8, 4) is 0 Å². The molecule has 0 radical (unpaired) electrons. The maximum absolute atomic E-state index is 13.0. The van der Waals surface area contributed by atoms with Crippen LogP contribution in [0.1, 0.15) is 27.5 Å². The Kier molecular flexibility index (Phi) is 5.88. The Morgan fingerprint density at radius 2 is 1.55 bits per heavy atom. The summed E-state index contributed by atoms with van der Waals surface area (Å²) in [5, 5.41) is 0.712. The van der Waals surface area contributed by atoms with Gasteiger partial charge in [-0.05, 0) is 35.4 Å². The fraction of sp³-hybridized carbons (Fsp3) is 0.217. The number of pyridine rings is 1. The van der Waals surface area contributed by atoms with Crippen molar-refractivity contribution in [1.29, 1.82) is 0 Å². The van der Waals surface area contributed by atoms with Crippen LogP contribution in [0, 0.1) is 5.95 Å². The van der Waals surface area contributed by atoms with E-state index >= 15 is 0 Å². The standard InChI is InChI=1S/C23H21ClFN3O/c24-20-9-6-18(7-10-20)22(17-4-2-1-3-5-17)27-12-14-28(15-13-27)23(29)19-8-11-21(25)26-16-19/h1-11,16,22H,12-15H2. The number of carbonyl (C=O) groups excluding carboxylic acids is 1. The highest BCUT2D eigenvalue weighted by molar-refractivity contribution is 6.30. The molecule has 0 aliphatic carbocycles. The minimum absolute atomic E-state index is 0.0956. The van der Waals surface area contributed by atoms with E-state index in [1.165, 1.54) is 29.5 Å². The molecule has 1 aliphatic heterocycles. The number of nitrogens with zero attached hydrogens (tertiary/aromatic N) is 3. The molecular weight excluding hydrogens is 389 g/mol. The predicted molar refractivity (Wildman–Crippen MR) is 111 cm³/mol. The Labute approximate surface area is 174 Å². The first-order valence-electron chi connectivity index (χ1n) is 9.57. The third-order valence-electron chi connectivity index (χ3n) is 5.24. The molecule has 2 heterocycles. The predicted octanol–water partition coefficient (Wildman–Crippen LogP) is 4.42. The first-order chi connectivity index (χ1) is 14.1. The molecule has 6 heteroatoms. The minimum atomic E-state index is -0.583.